The van der Waals surface area contributed by atoms with Crippen LogP contribution in [0.2, 0.25) is 0 Å². The topological polar surface area (TPSA) is 113 Å². The molecule has 0 N–H and O–H groups in total. The van der Waals surface area contributed by atoms with Crippen LogP contribution < -0.4 is 0 Å². The molecule has 0 saturated heterocycles. The molecule has 0 radical (unpaired) electrons. The largest absolute Gasteiger partial charge is 0.457 e. The molecular formula is C14H9BrN2O6. The van der Waals surface area contributed by atoms with Gasteiger partial charge >= 0.3 is 5.97 Å². The first-order valence-electron chi connectivity index (χ1n) is 6.23. The van der Waals surface area contributed by atoms with E-state index < -0.39 is 15.8 Å². The molecule has 0 amide bonds. The van der Waals surface area contributed by atoms with Gasteiger partial charge in [0.1, 0.15) is 6.61 Å². The molecule has 118 valence electrons. The number of hydrogen-bond acceptors (Lipinski definition) is 6. The molecule has 0 aliphatic carbocycles. The predicted molar refractivity (Wildman–Crippen MR) is 83.0 cm³/mol. The molecule has 8 nitrogen and oxygen atoms in total. The lowest BCUT2D eigenvalue weighted by molar-refractivity contribution is -0.386. The van der Waals surface area contributed by atoms with E-state index >= 15 is 0 Å². The Morgan fingerprint density at radius 1 is 1.04 bits per heavy atom. The van der Waals surface area contributed by atoms with Gasteiger partial charge in [-0.25, -0.2) is 4.79 Å². The van der Waals surface area contributed by atoms with E-state index in [9.17, 15) is 25.0 Å². The number of rotatable bonds is 5. The zero-order chi connectivity index (χ0) is 17.0. The van der Waals surface area contributed by atoms with Crippen molar-refractivity contribution in [2.75, 3.05) is 0 Å². The molecular weight excluding hydrogens is 372 g/mol. The van der Waals surface area contributed by atoms with Crippen molar-refractivity contribution < 1.29 is 19.4 Å². The molecule has 0 aromatic heterocycles. The Labute approximate surface area is 138 Å². The number of para-hydroxylation sites is 1. The van der Waals surface area contributed by atoms with Crippen molar-refractivity contribution in [3.8, 4) is 0 Å². The minimum absolute atomic E-state index is 0.0153. The summed E-state index contributed by atoms with van der Waals surface area (Å²) in [7, 11) is 0. The normalized spacial score (nSPS) is 10.1. The third kappa shape index (κ3) is 3.89. The van der Waals surface area contributed by atoms with Crippen LogP contribution in [0.15, 0.2) is 46.9 Å². The summed E-state index contributed by atoms with van der Waals surface area (Å²) in [6, 6.07) is 9.65. The number of benzene rings is 2. The van der Waals surface area contributed by atoms with Gasteiger partial charge in [-0.1, -0.05) is 12.1 Å². The summed E-state index contributed by atoms with van der Waals surface area (Å²) in [6.45, 7) is -0.306. The minimum atomic E-state index is -0.807. The quantitative estimate of drug-likeness (QED) is 0.444. The van der Waals surface area contributed by atoms with Gasteiger partial charge in [-0.15, -0.1) is 0 Å². The highest BCUT2D eigenvalue weighted by Gasteiger charge is 2.18. The van der Waals surface area contributed by atoms with Crippen LogP contribution in [0.25, 0.3) is 0 Å². The van der Waals surface area contributed by atoms with Gasteiger partial charge in [-0.3, -0.25) is 20.2 Å². The molecule has 0 aliphatic rings. The number of hydrogen-bond donors (Lipinski definition) is 0. The first-order chi connectivity index (χ1) is 10.9. The molecule has 9 heteroatoms. The second-order valence-corrected chi connectivity index (χ2v) is 5.24. The number of carbonyl (C=O) groups excluding carboxylic acids is 1. The number of nitrogens with zero attached hydrogens (tertiary/aromatic N) is 2. The molecule has 2 aromatic rings. The summed E-state index contributed by atoms with van der Waals surface area (Å²) in [5.74, 6) is -0.807. The van der Waals surface area contributed by atoms with Crippen LogP contribution in [-0.4, -0.2) is 15.8 Å². The molecule has 0 unspecified atom stereocenters. The van der Waals surface area contributed by atoms with E-state index in [2.05, 4.69) is 15.9 Å². The zero-order valence-electron chi connectivity index (χ0n) is 11.5. The van der Waals surface area contributed by atoms with Gasteiger partial charge in [-0.05, 0) is 34.1 Å². The fraction of sp³-hybridized carbons (Fsp3) is 0.0714. The van der Waals surface area contributed by atoms with Gasteiger partial charge in [0, 0.05) is 12.1 Å². The average Bonchev–Trinajstić information content (AvgIpc) is 2.52. The Morgan fingerprint density at radius 2 is 1.70 bits per heavy atom. The van der Waals surface area contributed by atoms with Crippen molar-refractivity contribution in [2.24, 2.45) is 0 Å². The fourth-order valence-corrected chi connectivity index (χ4v) is 2.21. The van der Waals surface area contributed by atoms with Crippen molar-refractivity contribution >= 4 is 33.3 Å². The number of esters is 1. The number of nitro benzene ring substituents is 2. The molecule has 0 heterocycles. The second kappa shape index (κ2) is 6.97. The molecule has 23 heavy (non-hydrogen) atoms. The lowest BCUT2D eigenvalue weighted by Gasteiger charge is -2.06. The van der Waals surface area contributed by atoms with Gasteiger partial charge < -0.3 is 4.74 Å². The van der Waals surface area contributed by atoms with E-state index in [1.54, 1.807) is 6.07 Å². The van der Waals surface area contributed by atoms with Crippen LogP contribution in [0.4, 0.5) is 11.4 Å². The van der Waals surface area contributed by atoms with Crippen LogP contribution in [0.3, 0.4) is 0 Å². The summed E-state index contributed by atoms with van der Waals surface area (Å²) in [5.41, 5.74) is -0.219. The summed E-state index contributed by atoms with van der Waals surface area (Å²) in [4.78, 5) is 32.5. The van der Waals surface area contributed by atoms with Gasteiger partial charge in [-0.2, -0.15) is 0 Å². The summed E-state index contributed by atoms with van der Waals surface area (Å²) in [5, 5.41) is 21.7. The van der Waals surface area contributed by atoms with E-state index in [0.717, 1.165) is 6.07 Å². The summed E-state index contributed by atoms with van der Waals surface area (Å²) < 4.78 is 5.23. The zero-order valence-corrected chi connectivity index (χ0v) is 13.1. The number of nitro groups is 2. The van der Waals surface area contributed by atoms with Crippen LogP contribution in [0, 0.1) is 20.2 Å². The molecule has 0 atom stereocenters. The average molecular weight is 381 g/mol. The van der Waals surface area contributed by atoms with Crippen molar-refractivity contribution in [3.63, 3.8) is 0 Å². The summed E-state index contributed by atoms with van der Waals surface area (Å²) >= 11 is 3.01. The Hall–Kier alpha value is -2.81. The van der Waals surface area contributed by atoms with Gasteiger partial charge in [0.05, 0.1) is 25.4 Å². The van der Waals surface area contributed by atoms with Crippen LogP contribution in [0.5, 0.6) is 0 Å². The molecule has 2 aromatic carbocycles. The number of ether oxygens (including phenoxy) is 1. The van der Waals surface area contributed by atoms with Gasteiger partial charge in [0.15, 0.2) is 0 Å². The molecule has 2 rings (SSSR count). The maximum Gasteiger partial charge on any atom is 0.338 e. The molecule has 0 spiro atoms. The number of carbonyl (C=O) groups is 1. The maximum atomic E-state index is 12.0. The standard InChI is InChI=1S/C14H9BrN2O6/c15-11-6-5-9(7-13(11)17(21)22)14(18)23-8-10-3-1-2-4-12(10)16(19)20/h1-7H,8H2. The molecule has 0 fully saturated rings. The molecule has 0 saturated carbocycles. The third-order valence-corrected chi connectivity index (χ3v) is 3.60. The summed E-state index contributed by atoms with van der Waals surface area (Å²) in [6.07, 6.45) is 0. The highest BCUT2D eigenvalue weighted by molar-refractivity contribution is 9.10. The number of halogens is 1. The minimum Gasteiger partial charge on any atom is -0.457 e. The van der Waals surface area contributed by atoms with Crippen LogP contribution in [0.1, 0.15) is 15.9 Å². The fourth-order valence-electron chi connectivity index (χ4n) is 1.82. The van der Waals surface area contributed by atoms with Gasteiger partial charge in [0.25, 0.3) is 11.4 Å². The van der Waals surface area contributed by atoms with E-state index in [0.29, 0.717) is 0 Å². The first-order valence-corrected chi connectivity index (χ1v) is 7.03. The van der Waals surface area contributed by atoms with Crippen molar-refractivity contribution in [1.82, 2.24) is 0 Å². The van der Waals surface area contributed by atoms with Crippen molar-refractivity contribution in [3.05, 3.63) is 78.3 Å². The molecule has 0 bridgehead atoms. The Bertz CT molecular complexity index is 793. The van der Waals surface area contributed by atoms with Crippen LogP contribution >= 0.6 is 15.9 Å². The van der Waals surface area contributed by atoms with E-state index in [4.69, 9.17) is 4.74 Å². The van der Waals surface area contributed by atoms with Crippen molar-refractivity contribution in [2.45, 2.75) is 6.61 Å². The SMILES string of the molecule is O=C(OCc1ccccc1[N+](=O)[O-])c1ccc(Br)c([N+](=O)[O-])c1. The van der Waals surface area contributed by atoms with E-state index in [1.165, 1.54) is 30.3 Å². The molecule has 0 aliphatic heterocycles. The Balaban J connectivity index is 2.16. The smallest absolute Gasteiger partial charge is 0.338 e. The lowest BCUT2D eigenvalue weighted by Crippen LogP contribution is -2.07. The van der Waals surface area contributed by atoms with E-state index in [-0.39, 0.29) is 33.6 Å². The monoisotopic (exact) mass is 380 g/mol. The van der Waals surface area contributed by atoms with Crippen LogP contribution in [-0.2, 0) is 11.3 Å². The first kappa shape index (κ1) is 16.6. The second-order valence-electron chi connectivity index (χ2n) is 4.39. The lowest BCUT2D eigenvalue weighted by atomic mass is 10.2. The van der Waals surface area contributed by atoms with Gasteiger partial charge in [0.2, 0.25) is 0 Å². The Kier molecular flexibility index (Phi) is 5.02. The third-order valence-electron chi connectivity index (χ3n) is 2.93. The highest BCUT2D eigenvalue weighted by atomic mass is 79.9. The van der Waals surface area contributed by atoms with Crippen molar-refractivity contribution in [1.29, 1.82) is 0 Å². The Morgan fingerprint density at radius 3 is 2.35 bits per heavy atom. The highest BCUT2D eigenvalue weighted by Crippen LogP contribution is 2.26. The maximum absolute atomic E-state index is 12.0. The predicted octanol–water partition coefficient (Wildman–Crippen LogP) is 3.62. The van der Waals surface area contributed by atoms with E-state index in [1.807, 2.05) is 0 Å².